The minimum Gasteiger partial charge on any atom is -0.508 e. The number of primary amides is 3. The van der Waals surface area contributed by atoms with Gasteiger partial charge in [0.05, 0.1) is 12.2 Å². The molecule has 34 heteroatoms. The van der Waals surface area contributed by atoms with Crippen molar-refractivity contribution in [3.8, 4) is 11.5 Å². The summed E-state index contributed by atoms with van der Waals surface area (Å²) < 4.78 is 0. The van der Waals surface area contributed by atoms with Crippen LogP contribution in [0.1, 0.15) is 101 Å². The Bertz CT molecular complexity index is 4250. The second kappa shape index (κ2) is 39.2. The average Bonchev–Trinajstić information content (AvgIpc) is 1.68. The molecule has 0 aliphatic carbocycles. The van der Waals surface area contributed by atoms with Crippen LogP contribution in [0.4, 0.5) is 0 Å². The van der Waals surface area contributed by atoms with Crippen molar-refractivity contribution >= 4 is 116 Å². The smallest absolute Gasteiger partial charge is 0.245 e. The lowest BCUT2D eigenvalue weighted by atomic mass is 9.99. The van der Waals surface area contributed by atoms with E-state index in [2.05, 4.69) is 63.1 Å². The predicted octanol–water partition coefficient (Wildman–Crippen LogP) is -1.26. The number of unbranched alkanes of at least 4 members (excludes halogenated alkanes) is 1. The monoisotopic (exact) mass is 1510 g/mol. The van der Waals surface area contributed by atoms with E-state index in [4.69, 9.17) is 22.9 Å². The number of nitrogens with zero attached hydrogens (tertiary/aromatic N) is 1. The fourth-order valence-electron chi connectivity index (χ4n) is 12.8. The lowest BCUT2D eigenvalue weighted by Crippen LogP contribution is -2.61. The molecule has 33 nitrogen and oxygen atoms in total. The van der Waals surface area contributed by atoms with E-state index in [-0.39, 0.29) is 100 Å². The number of carbonyl (C=O) groups is 14. The number of fused-ring (bicyclic) bond motifs is 3. The molecule has 0 bridgehead atoms. The Labute approximate surface area is 626 Å². The van der Waals surface area contributed by atoms with Gasteiger partial charge < -0.3 is 101 Å². The molecule has 6 aromatic rings. The molecule has 11 atom stereocenters. The van der Waals surface area contributed by atoms with Crippen molar-refractivity contribution in [3.05, 3.63) is 132 Å². The fourth-order valence-corrected chi connectivity index (χ4v) is 13.7. The zero-order valence-corrected chi connectivity index (χ0v) is 60.9. The number of H-pyrrole nitrogens is 2. The Morgan fingerprint density at radius 3 is 1.50 bits per heavy atom. The van der Waals surface area contributed by atoms with E-state index in [0.717, 1.165) is 11.8 Å². The topological polar surface area (TPSA) is 539 Å². The molecule has 2 fully saturated rings. The fraction of sp³-hybridized carbons (Fsp3) is 0.432. The van der Waals surface area contributed by atoms with Crippen molar-refractivity contribution in [1.82, 2.24) is 68.0 Å². The van der Waals surface area contributed by atoms with Crippen LogP contribution < -0.4 is 76.1 Å². The number of carbonyl (C=O) groups excluding carboxylic acids is 14. The number of nitrogens with two attached hydrogens (primary N) is 4. The highest BCUT2D eigenvalue weighted by atomic mass is 32.2. The van der Waals surface area contributed by atoms with Crippen LogP contribution in [-0.4, -0.2) is 199 Å². The number of para-hydroxylation sites is 2. The molecule has 4 heterocycles. The van der Waals surface area contributed by atoms with Gasteiger partial charge in [0, 0.05) is 78.6 Å². The maximum absolute atomic E-state index is 15.2. The van der Waals surface area contributed by atoms with E-state index in [0.29, 0.717) is 50.5 Å². The molecule has 8 rings (SSSR count). The highest BCUT2D eigenvalue weighted by Crippen LogP contribution is 2.25. The molecule has 108 heavy (non-hydrogen) atoms. The van der Waals surface area contributed by atoms with E-state index in [1.165, 1.54) is 60.4 Å². The SMILES string of the molecule is CC(C)C[C@@H]1NC(=O)[C@H](Cc2c[nH]c3ccccc23)NC(=O)[C@H](Cc2ccc(O)cc2)NC(=O)[C@@H]2CCCN2C(=O)[C@H](CCC(N)=O)NC(=O)[C@H](CCCCN)NC(=O)[C@H](Cc2ccc(O)cc2)NC(=O)CSC[C@@H](C(N)=O)NC(=O)[C@H](Cc2c[nH]c3ccccc23)NC(=O)[C@H](CC(N)=O)NC(=O)[C@H](C)NC1=O. The van der Waals surface area contributed by atoms with Crippen LogP contribution in [0, 0.1) is 5.92 Å². The van der Waals surface area contributed by atoms with Gasteiger partial charge in [-0.2, -0.15) is 0 Å². The lowest BCUT2D eigenvalue weighted by molar-refractivity contribution is -0.143. The number of phenols is 2. The molecule has 0 spiro atoms. The minimum absolute atomic E-state index is 0.0380. The Morgan fingerprint density at radius 2 is 0.972 bits per heavy atom. The number of aromatic nitrogens is 2. The number of rotatable bonds is 20. The number of aromatic hydroxyl groups is 2. The lowest BCUT2D eigenvalue weighted by Gasteiger charge is -2.31. The molecule has 2 aliphatic heterocycles. The Kier molecular flexibility index (Phi) is 29.8. The third-order valence-electron chi connectivity index (χ3n) is 18.5. The summed E-state index contributed by atoms with van der Waals surface area (Å²) in [6.07, 6.45) is 1.36. The summed E-state index contributed by atoms with van der Waals surface area (Å²) >= 11 is 0.805. The van der Waals surface area contributed by atoms with Gasteiger partial charge >= 0.3 is 0 Å². The standard InChI is InChI=1S/C74H95N17O16S/c1-39(2)29-53-67(100)81-40(3)65(98)85-58(34-62(77)95)72(105)88-57(33-44-36-80-50-14-7-5-12-48(44)50)71(104)90-59(64(78)97)37-108-38-63(96)82-54(30-41-17-21-45(92)22-18-41)68(101)83-51(15-8-9-27-75)66(99)84-52(25-26-61(76)94)74(107)91-28-10-16-60(91)73(106)89-55(31-42-19-23-46(93)24-20-42)69(102)87-56(70(103)86-53)32-43-35-79-49-13-6-4-11-47(43)49/h4-7,11-14,17-24,35-36,39-40,51-60,79-80,92-93H,8-10,15-16,25-34,37-38,75H2,1-3H3,(H2,76,94)(H2,77,95)(H2,78,97)(H,81,100)(H,82,96)(H,83,101)(H,84,99)(H,85,98)(H,86,103)(H,87,102)(H,88,105)(H,89,106)(H,90,104)/t40-,51-,52-,53-,54-,55-,56-,57-,58-,59-,60-/m0/s1. The molecule has 0 unspecified atom stereocenters. The summed E-state index contributed by atoms with van der Waals surface area (Å²) in [4.78, 5) is 208. The number of nitrogens with one attached hydrogen (secondary N) is 12. The van der Waals surface area contributed by atoms with Gasteiger partial charge in [0.2, 0.25) is 82.7 Å². The van der Waals surface area contributed by atoms with Crippen molar-refractivity contribution in [1.29, 1.82) is 0 Å². The van der Waals surface area contributed by atoms with Gasteiger partial charge in [0.1, 0.15) is 78.0 Å². The predicted molar refractivity (Wildman–Crippen MR) is 398 cm³/mol. The highest BCUT2D eigenvalue weighted by Gasteiger charge is 2.42. The third kappa shape index (κ3) is 23.7. The summed E-state index contributed by atoms with van der Waals surface area (Å²) in [5, 5.41) is 48.2. The maximum Gasteiger partial charge on any atom is 0.245 e. The molecular weight excluding hydrogens is 1410 g/mol. The highest BCUT2D eigenvalue weighted by molar-refractivity contribution is 8.00. The number of hydrogen-bond donors (Lipinski definition) is 18. The molecule has 2 aromatic heterocycles. The van der Waals surface area contributed by atoms with E-state index < -0.39 is 168 Å². The quantitative estimate of drug-likeness (QED) is 0.0397. The van der Waals surface area contributed by atoms with Crippen molar-refractivity contribution in [2.75, 3.05) is 24.6 Å². The largest absolute Gasteiger partial charge is 0.508 e. The Morgan fingerprint density at radius 1 is 0.509 bits per heavy atom. The van der Waals surface area contributed by atoms with Crippen LogP contribution in [0.25, 0.3) is 21.8 Å². The zero-order chi connectivity index (χ0) is 78.3. The van der Waals surface area contributed by atoms with Crippen molar-refractivity contribution < 1.29 is 77.3 Å². The van der Waals surface area contributed by atoms with Crippen LogP contribution in [0.2, 0.25) is 0 Å². The minimum atomic E-state index is -1.81. The molecule has 2 aliphatic rings. The van der Waals surface area contributed by atoms with Crippen molar-refractivity contribution in [2.45, 2.75) is 171 Å². The number of aromatic amines is 2. The molecule has 578 valence electrons. The first-order chi connectivity index (χ1) is 51.5. The molecule has 0 saturated carbocycles. The number of benzene rings is 4. The van der Waals surface area contributed by atoms with Gasteiger partial charge in [0.25, 0.3) is 0 Å². The molecular formula is C74H95N17O16S. The first-order valence-corrected chi connectivity index (χ1v) is 36.8. The summed E-state index contributed by atoms with van der Waals surface area (Å²) in [5.74, 6) is -14.5. The summed E-state index contributed by atoms with van der Waals surface area (Å²) in [6, 6.07) is 8.77. The van der Waals surface area contributed by atoms with Gasteiger partial charge in [-0.15, -0.1) is 11.8 Å². The normalized spacial score (nSPS) is 23.5. The number of phenolic OH excluding ortho intramolecular Hbond substituents is 2. The third-order valence-corrected chi connectivity index (χ3v) is 19.6. The summed E-state index contributed by atoms with van der Waals surface area (Å²) in [6.45, 7) is 4.90. The Hall–Kier alpha value is -11.6. The molecule has 4 aromatic carbocycles. The van der Waals surface area contributed by atoms with Crippen LogP contribution in [0.5, 0.6) is 11.5 Å². The summed E-state index contributed by atoms with van der Waals surface area (Å²) in [7, 11) is 0. The van der Waals surface area contributed by atoms with Crippen molar-refractivity contribution in [2.24, 2.45) is 28.9 Å². The zero-order valence-electron chi connectivity index (χ0n) is 60.1. The van der Waals surface area contributed by atoms with E-state index in [1.54, 1.807) is 74.8 Å². The van der Waals surface area contributed by atoms with Gasteiger partial charge in [-0.05, 0) is 123 Å². The van der Waals surface area contributed by atoms with E-state index in [9.17, 15) is 63.0 Å². The van der Waals surface area contributed by atoms with Crippen LogP contribution in [0.15, 0.2) is 109 Å². The number of amides is 14. The summed E-state index contributed by atoms with van der Waals surface area (Å²) in [5.41, 5.74) is 26.2. The molecule has 2 saturated heterocycles. The van der Waals surface area contributed by atoms with Crippen LogP contribution in [0.3, 0.4) is 0 Å². The van der Waals surface area contributed by atoms with Gasteiger partial charge in [-0.1, -0.05) is 74.5 Å². The first-order valence-electron chi connectivity index (χ1n) is 35.7. The van der Waals surface area contributed by atoms with Crippen LogP contribution in [-0.2, 0) is 92.8 Å². The van der Waals surface area contributed by atoms with Crippen molar-refractivity contribution in [3.63, 3.8) is 0 Å². The van der Waals surface area contributed by atoms with Gasteiger partial charge in [0.15, 0.2) is 0 Å². The Balaban J connectivity index is 1.17. The molecule has 0 radical (unpaired) electrons. The number of thioether (sulfide) groups is 1. The maximum atomic E-state index is 15.2. The van der Waals surface area contributed by atoms with E-state index >= 15 is 14.4 Å². The first kappa shape index (κ1) is 82.1. The van der Waals surface area contributed by atoms with E-state index in [1.807, 2.05) is 0 Å². The second-order valence-corrected chi connectivity index (χ2v) is 28.4. The number of hydrogen-bond acceptors (Lipinski definition) is 18. The molecule has 22 N–H and O–H groups in total. The van der Waals surface area contributed by atoms with Crippen LogP contribution >= 0.6 is 11.8 Å². The second-order valence-electron chi connectivity index (χ2n) is 27.4. The molecule has 14 amide bonds. The van der Waals surface area contributed by atoms with Gasteiger partial charge in [-0.25, -0.2) is 0 Å². The average molecular weight is 1510 g/mol. The van der Waals surface area contributed by atoms with Gasteiger partial charge in [-0.3, -0.25) is 67.1 Å².